The molecular formula is C23H20N4O3S2. The number of carbonyl (C=O) groups excluding carboxylic acids is 1. The van der Waals surface area contributed by atoms with E-state index in [4.69, 9.17) is 9.47 Å². The summed E-state index contributed by atoms with van der Waals surface area (Å²) in [4.78, 5) is 19.7. The Morgan fingerprint density at radius 3 is 2.88 bits per heavy atom. The number of pyridine rings is 1. The molecule has 0 bridgehead atoms. The van der Waals surface area contributed by atoms with Gasteiger partial charge in [-0.05, 0) is 54.3 Å². The zero-order chi connectivity index (χ0) is 21.9. The van der Waals surface area contributed by atoms with Crippen LogP contribution < -0.4 is 14.8 Å². The highest BCUT2D eigenvalue weighted by Gasteiger charge is 2.18. The molecule has 1 N–H and O–H groups in total. The highest BCUT2D eigenvalue weighted by molar-refractivity contribution is 7.99. The average molecular weight is 465 g/mol. The number of nitrogens with zero attached hydrogens (tertiary/aromatic N) is 3. The van der Waals surface area contributed by atoms with E-state index in [1.165, 1.54) is 22.2 Å². The Bertz CT molecular complexity index is 1270. The highest BCUT2D eigenvalue weighted by Crippen LogP contribution is 2.37. The van der Waals surface area contributed by atoms with Gasteiger partial charge >= 0.3 is 0 Å². The Balaban J connectivity index is 1.35. The van der Waals surface area contributed by atoms with E-state index in [-0.39, 0.29) is 5.91 Å². The van der Waals surface area contributed by atoms with Gasteiger partial charge in [-0.2, -0.15) is 5.10 Å². The van der Waals surface area contributed by atoms with E-state index in [0.29, 0.717) is 41.9 Å². The summed E-state index contributed by atoms with van der Waals surface area (Å²) in [6.07, 6.45) is 3.37. The standard InChI is InChI=1S/C23H20N4O3S2/c1-15-7-12-31-20(15)14-27-21(6-9-25-27)26-22(28)17-3-2-8-24-23(17)32-16-4-5-18-19(13-16)30-11-10-29-18/h2-9,12-13H,10-11,14H2,1H3,(H,26,28). The second-order valence-electron chi connectivity index (χ2n) is 7.12. The van der Waals surface area contributed by atoms with Gasteiger partial charge in [0.05, 0.1) is 18.3 Å². The van der Waals surface area contributed by atoms with E-state index < -0.39 is 0 Å². The molecule has 1 aromatic carbocycles. The van der Waals surface area contributed by atoms with Gasteiger partial charge < -0.3 is 14.8 Å². The summed E-state index contributed by atoms with van der Waals surface area (Å²) >= 11 is 3.09. The molecule has 162 valence electrons. The summed E-state index contributed by atoms with van der Waals surface area (Å²) in [6, 6.07) is 13.1. The van der Waals surface area contributed by atoms with E-state index in [0.717, 1.165) is 10.6 Å². The topological polar surface area (TPSA) is 78.3 Å². The van der Waals surface area contributed by atoms with Crippen LogP contribution in [0.5, 0.6) is 11.5 Å². The Morgan fingerprint density at radius 2 is 2.03 bits per heavy atom. The number of hydrogen-bond donors (Lipinski definition) is 1. The van der Waals surface area contributed by atoms with E-state index in [9.17, 15) is 4.79 Å². The van der Waals surface area contributed by atoms with Gasteiger partial charge in [0.2, 0.25) is 0 Å². The van der Waals surface area contributed by atoms with Crippen molar-refractivity contribution in [3.05, 3.63) is 76.2 Å². The summed E-state index contributed by atoms with van der Waals surface area (Å²) in [6.45, 7) is 3.76. The van der Waals surface area contributed by atoms with E-state index in [2.05, 4.69) is 33.8 Å². The first-order valence-electron chi connectivity index (χ1n) is 10.1. The number of carbonyl (C=O) groups is 1. The highest BCUT2D eigenvalue weighted by atomic mass is 32.2. The van der Waals surface area contributed by atoms with Crippen LogP contribution in [-0.2, 0) is 6.54 Å². The number of nitrogens with one attached hydrogen (secondary N) is 1. The molecule has 4 heterocycles. The van der Waals surface area contributed by atoms with Gasteiger partial charge in [-0.1, -0.05) is 11.8 Å². The number of hydrogen-bond acceptors (Lipinski definition) is 7. The Labute approximate surface area is 193 Å². The molecule has 0 spiro atoms. The summed E-state index contributed by atoms with van der Waals surface area (Å²) in [5.41, 5.74) is 1.71. The third-order valence-corrected chi connectivity index (χ3v) is 6.98. The van der Waals surface area contributed by atoms with Gasteiger partial charge in [-0.3, -0.25) is 4.79 Å². The fourth-order valence-corrected chi connectivity index (χ4v) is 5.09. The monoisotopic (exact) mass is 464 g/mol. The van der Waals surface area contributed by atoms with E-state index in [1.807, 2.05) is 18.2 Å². The zero-order valence-corrected chi connectivity index (χ0v) is 18.9. The van der Waals surface area contributed by atoms with Crippen LogP contribution in [-0.4, -0.2) is 33.9 Å². The van der Waals surface area contributed by atoms with Crippen LogP contribution in [0.1, 0.15) is 20.8 Å². The fraction of sp³-hybridized carbons (Fsp3) is 0.174. The van der Waals surface area contributed by atoms with Crippen LogP contribution in [0.4, 0.5) is 5.82 Å². The number of aromatic nitrogens is 3. The minimum Gasteiger partial charge on any atom is -0.486 e. The third-order valence-electron chi connectivity index (χ3n) is 4.96. The van der Waals surface area contributed by atoms with Gasteiger partial charge in [0, 0.05) is 22.0 Å². The molecule has 0 aliphatic carbocycles. The van der Waals surface area contributed by atoms with Crippen molar-refractivity contribution in [3.8, 4) is 11.5 Å². The van der Waals surface area contributed by atoms with Crippen molar-refractivity contribution in [2.75, 3.05) is 18.5 Å². The number of amides is 1. The second-order valence-corrected chi connectivity index (χ2v) is 9.18. The van der Waals surface area contributed by atoms with Gasteiger partial charge in [-0.15, -0.1) is 11.3 Å². The molecule has 5 rings (SSSR count). The van der Waals surface area contributed by atoms with Crippen LogP contribution in [0.15, 0.2) is 70.2 Å². The molecule has 32 heavy (non-hydrogen) atoms. The summed E-state index contributed by atoms with van der Waals surface area (Å²) in [5.74, 6) is 1.84. The van der Waals surface area contributed by atoms with Crippen molar-refractivity contribution in [2.24, 2.45) is 0 Å². The molecule has 1 aliphatic heterocycles. The Morgan fingerprint density at radius 1 is 1.16 bits per heavy atom. The zero-order valence-electron chi connectivity index (χ0n) is 17.3. The lowest BCUT2D eigenvalue weighted by Crippen LogP contribution is -2.17. The van der Waals surface area contributed by atoms with Crippen LogP contribution >= 0.6 is 23.1 Å². The summed E-state index contributed by atoms with van der Waals surface area (Å²) < 4.78 is 13.0. The molecule has 1 amide bonds. The van der Waals surface area contributed by atoms with Crippen molar-refractivity contribution in [3.63, 3.8) is 0 Å². The van der Waals surface area contributed by atoms with Gasteiger partial charge in [0.25, 0.3) is 5.91 Å². The molecule has 0 unspecified atom stereocenters. The maximum atomic E-state index is 13.1. The molecule has 0 fully saturated rings. The number of anilines is 1. The lowest BCUT2D eigenvalue weighted by Gasteiger charge is -2.18. The van der Waals surface area contributed by atoms with Crippen molar-refractivity contribution in [1.29, 1.82) is 0 Å². The first kappa shape index (κ1) is 20.6. The largest absolute Gasteiger partial charge is 0.486 e. The van der Waals surface area contributed by atoms with E-state index in [1.54, 1.807) is 46.6 Å². The van der Waals surface area contributed by atoms with Crippen molar-refractivity contribution in [2.45, 2.75) is 23.4 Å². The molecule has 0 radical (unpaired) electrons. The molecule has 1 aliphatic rings. The van der Waals surface area contributed by atoms with E-state index >= 15 is 0 Å². The number of aryl methyl sites for hydroxylation is 1. The first-order chi connectivity index (χ1) is 15.7. The predicted molar refractivity (Wildman–Crippen MR) is 124 cm³/mol. The molecule has 0 saturated carbocycles. The van der Waals surface area contributed by atoms with Gasteiger partial charge in [0.1, 0.15) is 24.1 Å². The number of benzene rings is 1. The maximum Gasteiger partial charge on any atom is 0.259 e. The van der Waals surface area contributed by atoms with Crippen LogP contribution in [0.25, 0.3) is 0 Å². The number of ether oxygens (including phenoxy) is 2. The van der Waals surface area contributed by atoms with Crippen LogP contribution in [0, 0.1) is 6.92 Å². The third kappa shape index (κ3) is 4.35. The molecule has 3 aromatic heterocycles. The molecule has 0 atom stereocenters. The van der Waals surface area contributed by atoms with Crippen molar-refractivity contribution in [1.82, 2.24) is 14.8 Å². The Kier molecular flexibility index (Phi) is 5.83. The molecule has 9 heteroatoms. The molecule has 7 nitrogen and oxygen atoms in total. The average Bonchev–Trinajstić information content (AvgIpc) is 3.43. The summed E-state index contributed by atoms with van der Waals surface area (Å²) in [5, 5.41) is 10.0. The fourth-order valence-electron chi connectivity index (χ4n) is 3.29. The van der Waals surface area contributed by atoms with Crippen molar-refractivity contribution < 1.29 is 14.3 Å². The van der Waals surface area contributed by atoms with Crippen LogP contribution in [0.3, 0.4) is 0 Å². The number of fused-ring (bicyclic) bond motifs is 1. The minimum absolute atomic E-state index is 0.234. The SMILES string of the molecule is Cc1ccsc1Cn1nccc1NC(=O)c1cccnc1Sc1ccc2c(c1)OCCO2. The van der Waals surface area contributed by atoms with Crippen molar-refractivity contribution >= 4 is 34.8 Å². The molecular weight excluding hydrogens is 444 g/mol. The Hall–Kier alpha value is -3.30. The van der Waals surface area contributed by atoms with Crippen LogP contribution in [0.2, 0.25) is 0 Å². The number of rotatable bonds is 6. The normalized spacial score (nSPS) is 12.5. The summed E-state index contributed by atoms with van der Waals surface area (Å²) in [7, 11) is 0. The number of thiophene rings is 1. The van der Waals surface area contributed by atoms with Gasteiger partial charge in [-0.25, -0.2) is 9.67 Å². The maximum absolute atomic E-state index is 13.1. The first-order valence-corrected chi connectivity index (χ1v) is 11.8. The molecule has 4 aromatic rings. The second kappa shape index (κ2) is 9.05. The molecule has 0 saturated heterocycles. The smallest absolute Gasteiger partial charge is 0.259 e. The quantitative estimate of drug-likeness (QED) is 0.439. The lowest BCUT2D eigenvalue weighted by atomic mass is 10.2. The minimum atomic E-state index is -0.234. The lowest BCUT2D eigenvalue weighted by molar-refractivity contribution is 0.102. The van der Waals surface area contributed by atoms with Gasteiger partial charge in [0.15, 0.2) is 11.5 Å². The predicted octanol–water partition coefficient (Wildman–Crippen LogP) is 4.87.